The molecule has 4 rings (SSSR count). The van der Waals surface area contributed by atoms with Crippen LogP contribution in [-0.4, -0.2) is 6.58 Å². The summed E-state index contributed by atoms with van der Waals surface area (Å²) in [5.74, 6) is 0.119. The molecule has 1 unspecified atom stereocenters. The van der Waals surface area contributed by atoms with E-state index in [1.54, 1.807) is 0 Å². The minimum Gasteiger partial charge on any atom is -0.492 e. The lowest BCUT2D eigenvalue weighted by Gasteiger charge is -2.27. The summed E-state index contributed by atoms with van der Waals surface area (Å²) in [4.78, 5) is 0. The Morgan fingerprint density at radius 3 is 2.59 bits per heavy atom. The lowest BCUT2D eigenvalue weighted by atomic mass is 9.89. The lowest BCUT2D eigenvalue weighted by Crippen LogP contribution is -2.22. The van der Waals surface area contributed by atoms with Crippen LogP contribution in [0.25, 0.3) is 0 Å². The predicted octanol–water partition coefficient (Wildman–Crippen LogP) is 3.30. The Morgan fingerprint density at radius 2 is 1.71 bits per heavy atom. The molecule has 2 aromatic carbocycles. The van der Waals surface area contributed by atoms with Gasteiger partial charge in [0.1, 0.15) is 17.6 Å². The van der Waals surface area contributed by atoms with Gasteiger partial charge in [-0.3, -0.25) is 0 Å². The lowest BCUT2D eigenvalue weighted by molar-refractivity contribution is 0.139. The first-order chi connectivity index (χ1) is 9.21. The van der Waals surface area contributed by atoms with Crippen molar-refractivity contribution in [2.75, 3.05) is 6.58 Å². The van der Waals surface area contributed by atoms with Gasteiger partial charge < -0.3 is 9.47 Å². The summed E-state index contributed by atoms with van der Waals surface area (Å²) >= 11 is 0. The summed E-state index contributed by atoms with van der Waals surface area (Å²) in [6.07, 6.45) is -0.475. The number of ether oxygens (including phenoxy) is 2. The highest BCUT2D eigenvalue weighted by Gasteiger charge is 2.40. The maximum absolute atomic E-state index is 8.72. The second kappa shape index (κ2) is 3.27. The molecule has 0 saturated heterocycles. The molecule has 3 atom stereocenters. The zero-order chi connectivity index (χ0) is 13.0. The van der Waals surface area contributed by atoms with Crippen LogP contribution in [0.4, 0.5) is 0 Å². The predicted molar refractivity (Wildman–Crippen MR) is 64.5 cm³/mol. The normalized spacial score (nSPS) is 34.4. The molecule has 0 spiro atoms. The highest BCUT2D eigenvalue weighted by atomic mass is 16.5. The van der Waals surface area contributed by atoms with Gasteiger partial charge in [0.05, 0.1) is 13.8 Å². The van der Waals surface area contributed by atoms with Gasteiger partial charge in [0.2, 0.25) is 0 Å². The molecule has 0 N–H and O–H groups in total. The fourth-order valence-electron chi connectivity index (χ4n) is 2.43. The first kappa shape index (κ1) is 7.38. The molecule has 0 amide bonds. The largest absolute Gasteiger partial charge is 0.492 e. The van der Waals surface area contributed by atoms with Crippen molar-refractivity contribution < 1.29 is 12.2 Å². The second-order valence-corrected chi connectivity index (χ2v) is 4.22. The number of fused-ring (bicyclic) bond motifs is 5. The van der Waals surface area contributed by atoms with Crippen molar-refractivity contribution in [3.63, 3.8) is 0 Å². The van der Waals surface area contributed by atoms with E-state index >= 15 is 0 Å². The maximum atomic E-state index is 8.72. The third-order valence-electron chi connectivity index (χ3n) is 3.24. The quantitative estimate of drug-likeness (QED) is 0.686. The molecular formula is C15H12O2. The van der Waals surface area contributed by atoms with Gasteiger partial charge in [0.15, 0.2) is 0 Å². The van der Waals surface area contributed by atoms with E-state index < -0.39 is 18.6 Å². The van der Waals surface area contributed by atoms with E-state index in [0.717, 1.165) is 11.1 Å². The molecule has 0 saturated carbocycles. The van der Waals surface area contributed by atoms with Crippen LogP contribution in [0.1, 0.15) is 25.9 Å². The van der Waals surface area contributed by atoms with E-state index in [-0.39, 0.29) is 0 Å². The Kier molecular flexibility index (Phi) is 1.42. The Bertz CT molecular complexity index is 658. The average molecular weight is 226 g/mol. The number of benzene rings is 2. The van der Waals surface area contributed by atoms with Crippen LogP contribution < -0.4 is 9.47 Å². The summed E-state index contributed by atoms with van der Waals surface area (Å²) in [7, 11) is 0. The van der Waals surface area contributed by atoms with Crippen LogP contribution in [0.5, 0.6) is 11.5 Å². The molecule has 0 aliphatic carbocycles. The summed E-state index contributed by atoms with van der Waals surface area (Å²) in [5, 5.41) is 0. The highest BCUT2D eigenvalue weighted by Crippen LogP contribution is 2.50. The summed E-state index contributed by atoms with van der Waals surface area (Å²) in [5.41, 5.74) is 1.58. The van der Waals surface area contributed by atoms with Gasteiger partial charge in [-0.2, -0.15) is 0 Å². The minimum atomic E-state index is -1.20. The van der Waals surface area contributed by atoms with E-state index in [1.165, 1.54) is 0 Å². The van der Waals surface area contributed by atoms with Gasteiger partial charge in [-0.1, -0.05) is 36.4 Å². The molecule has 84 valence electrons. The van der Waals surface area contributed by atoms with Gasteiger partial charge in [-0.15, -0.1) is 0 Å². The van der Waals surface area contributed by atoms with E-state index in [1.807, 2.05) is 48.5 Å². The molecule has 2 aliphatic heterocycles. The van der Waals surface area contributed by atoms with Crippen molar-refractivity contribution in [2.45, 2.75) is 12.0 Å². The fraction of sp³-hybridized carbons (Fsp3) is 0.200. The van der Waals surface area contributed by atoms with Crippen molar-refractivity contribution in [1.82, 2.24) is 0 Å². The number of para-hydroxylation sites is 2. The first-order valence-electron chi connectivity index (χ1n) is 6.73. The highest BCUT2D eigenvalue weighted by molar-refractivity contribution is 5.48. The zero-order valence-electron chi connectivity index (χ0n) is 11.1. The van der Waals surface area contributed by atoms with Crippen LogP contribution in [0.3, 0.4) is 0 Å². The van der Waals surface area contributed by atoms with Gasteiger partial charge in [-0.25, -0.2) is 0 Å². The topological polar surface area (TPSA) is 18.5 Å². The number of hydrogen-bond donors (Lipinski definition) is 0. The van der Waals surface area contributed by atoms with Crippen molar-refractivity contribution in [2.24, 2.45) is 0 Å². The summed E-state index contributed by atoms with van der Waals surface area (Å²) < 4.78 is 28.4. The Balaban J connectivity index is 1.96. The second-order valence-electron chi connectivity index (χ2n) is 4.22. The molecule has 2 heteroatoms. The molecular weight excluding hydrogens is 212 g/mol. The van der Waals surface area contributed by atoms with Crippen LogP contribution in [-0.2, 0) is 0 Å². The molecule has 0 fully saturated rings. The van der Waals surface area contributed by atoms with E-state index in [0.29, 0.717) is 11.5 Å². The number of rotatable bonds is 0. The molecule has 0 aromatic heterocycles. The van der Waals surface area contributed by atoms with Gasteiger partial charge in [-0.05, 0) is 12.1 Å². The third-order valence-corrected chi connectivity index (χ3v) is 3.24. The smallest absolute Gasteiger partial charge is 0.138 e. The van der Waals surface area contributed by atoms with Gasteiger partial charge in [0.25, 0.3) is 0 Å². The van der Waals surface area contributed by atoms with Crippen LogP contribution in [0.15, 0.2) is 48.5 Å². The van der Waals surface area contributed by atoms with Crippen LogP contribution in [0.2, 0.25) is 0 Å². The molecule has 2 aliphatic rings. The van der Waals surface area contributed by atoms with Crippen LogP contribution >= 0.6 is 0 Å². The number of hydrogen-bond acceptors (Lipinski definition) is 2. The molecule has 17 heavy (non-hydrogen) atoms. The van der Waals surface area contributed by atoms with E-state index in [2.05, 4.69) is 0 Å². The third kappa shape index (κ3) is 1.21. The van der Waals surface area contributed by atoms with Crippen molar-refractivity contribution in [3.8, 4) is 11.5 Å². The van der Waals surface area contributed by atoms with Crippen molar-refractivity contribution in [1.29, 1.82) is 0 Å². The monoisotopic (exact) mass is 226 g/mol. The Morgan fingerprint density at radius 1 is 1.00 bits per heavy atom. The standard InChI is InChI=1S/C15H12O2/c1-4-8-14-10(5-1)12-9-16-13-7-3-2-6-11(13)15(12)17-14/h1-8,12,15H,9H2/t12-,15-/m1/s1/i9D,12D/t9?,12-,15-. The van der Waals surface area contributed by atoms with Crippen LogP contribution in [0, 0.1) is 0 Å². The summed E-state index contributed by atoms with van der Waals surface area (Å²) in [6.45, 7) is -0.990. The van der Waals surface area contributed by atoms with Crippen molar-refractivity contribution in [3.05, 3.63) is 59.7 Å². The minimum absolute atomic E-state index is 0.475. The maximum Gasteiger partial charge on any atom is 0.138 e. The van der Waals surface area contributed by atoms with E-state index in [4.69, 9.17) is 12.2 Å². The molecule has 2 nitrogen and oxygen atoms in total. The summed E-state index contributed by atoms with van der Waals surface area (Å²) in [6, 6.07) is 14.9. The van der Waals surface area contributed by atoms with Crippen molar-refractivity contribution >= 4 is 0 Å². The Labute approximate surface area is 103 Å². The molecule has 2 heterocycles. The van der Waals surface area contributed by atoms with Gasteiger partial charge >= 0.3 is 0 Å². The molecule has 0 radical (unpaired) electrons. The first-order valence-corrected chi connectivity index (χ1v) is 5.65. The SMILES string of the molecule is [2H]C1Oc2ccccc2[C@H]2Oc3ccccc3[C@@]12[2H]. The Hall–Kier alpha value is -1.96. The fourth-order valence-corrected chi connectivity index (χ4v) is 2.43. The molecule has 2 aromatic rings. The van der Waals surface area contributed by atoms with Gasteiger partial charge in [0, 0.05) is 12.5 Å². The average Bonchev–Trinajstić information content (AvgIpc) is 2.75. The molecule has 0 bridgehead atoms. The van der Waals surface area contributed by atoms with E-state index in [9.17, 15) is 0 Å². The zero-order valence-corrected chi connectivity index (χ0v) is 9.09.